The molecule has 0 unspecified atom stereocenters. The van der Waals surface area contributed by atoms with Crippen LogP contribution in [0.1, 0.15) is 33.8 Å². The summed E-state index contributed by atoms with van der Waals surface area (Å²) in [6.45, 7) is 8.63. The zero-order valence-electron chi connectivity index (χ0n) is 19.3. The molecule has 2 aromatic carbocycles. The molecule has 0 aliphatic carbocycles. The monoisotopic (exact) mass is 440 g/mol. The van der Waals surface area contributed by atoms with E-state index in [-0.39, 0.29) is 6.03 Å². The van der Waals surface area contributed by atoms with Crippen LogP contribution in [0.4, 0.5) is 16.3 Å². The lowest BCUT2D eigenvalue weighted by Crippen LogP contribution is -2.50. The zero-order chi connectivity index (χ0) is 23.4. The number of nitrogens with zero attached hydrogens (tertiary/aromatic N) is 5. The Morgan fingerprint density at radius 1 is 1.03 bits per heavy atom. The van der Waals surface area contributed by atoms with E-state index >= 15 is 0 Å². The maximum atomic E-state index is 12.7. The number of aromatic nitrogens is 2. The van der Waals surface area contributed by atoms with Gasteiger partial charge in [-0.15, -0.1) is 0 Å². The highest BCUT2D eigenvalue weighted by Crippen LogP contribution is 2.25. The van der Waals surface area contributed by atoms with E-state index in [9.17, 15) is 4.79 Å². The normalized spacial score (nSPS) is 13.5. The molecule has 1 fully saturated rings. The SMILES string of the molecule is Cc1ccc(Cc2c(C)nc(C)nc2N2CCN(C(=O)Nc3cccc(C#N)c3)CC2)cc1. The van der Waals surface area contributed by atoms with Gasteiger partial charge in [0.1, 0.15) is 11.6 Å². The molecular formula is C26H28N6O. The van der Waals surface area contributed by atoms with Gasteiger partial charge in [0.2, 0.25) is 0 Å². The molecule has 1 aromatic heterocycles. The van der Waals surface area contributed by atoms with Gasteiger partial charge in [0, 0.05) is 49.5 Å². The Kier molecular flexibility index (Phi) is 6.55. The molecule has 7 heteroatoms. The Labute approximate surface area is 194 Å². The van der Waals surface area contributed by atoms with Gasteiger partial charge in [0.15, 0.2) is 0 Å². The Morgan fingerprint density at radius 2 is 1.76 bits per heavy atom. The summed E-state index contributed by atoms with van der Waals surface area (Å²) in [7, 11) is 0. The van der Waals surface area contributed by atoms with Crippen molar-refractivity contribution in [3.05, 3.63) is 82.3 Å². The average Bonchev–Trinajstić information content (AvgIpc) is 2.82. The van der Waals surface area contributed by atoms with Crippen LogP contribution < -0.4 is 10.2 Å². The highest BCUT2D eigenvalue weighted by Gasteiger charge is 2.25. The lowest BCUT2D eigenvalue weighted by Gasteiger charge is -2.36. The van der Waals surface area contributed by atoms with E-state index < -0.39 is 0 Å². The number of anilines is 2. The molecule has 2 heterocycles. The van der Waals surface area contributed by atoms with Crippen molar-refractivity contribution in [2.24, 2.45) is 0 Å². The maximum Gasteiger partial charge on any atom is 0.321 e. The van der Waals surface area contributed by atoms with Crippen LogP contribution in [0.25, 0.3) is 0 Å². The molecule has 1 saturated heterocycles. The summed E-state index contributed by atoms with van der Waals surface area (Å²) in [6, 6.07) is 17.5. The molecule has 168 valence electrons. The summed E-state index contributed by atoms with van der Waals surface area (Å²) in [5.41, 5.74) is 5.75. The first-order chi connectivity index (χ1) is 15.9. The highest BCUT2D eigenvalue weighted by molar-refractivity contribution is 5.89. The number of carbonyl (C=O) groups is 1. The first-order valence-corrected chi connectivity index (χ1v) is 11.1. The van der Waals surface area contributed by atoms with Gasteiger partial charge >= 0.3 is 6.03 Å². The Bertz CT molecular complexity index is 1190. The number of nitrogens with one attached hydrogen (secondary N) is 1. The largest absolute Gasteiger partial charge is 0.353 e. The van der Waals surface area contributed by atoms with Crippen LogP contribution in [0.15, 0.2) is 48.5 Å². The molecule has 0 radical (unpaired) electrons. The van der Waals surface area contributed by atoms with Crippen molar-refractivity contribution in [2.75, 3.05) is 36.4 Å². The lowest BCUT2D eigenvalue weighted by molar-refractivity contribution is 0.208. The number of hydrogen-bond donors (Lipinski definition) is 1. The molecule has 1 N–H and O–H groups in total. The number of aryl methyl sites for hydroxylation is 3. The van der Waals surface area contributed by atoms with Crippen LogP contribution in [0, 0.1) is 32.1 Å². The topological polar surface area (TPSA) is 85.2 Å². The minimum Gasteiger partial charge on any atom is -0.353 e. The Morgan fingerprint density at radius 3 is 2.45 bits per heavy atom. The molecular weight excluding hydrogens is 412 g/mol. The minimum absolute atomic E-state index is 0.153. The number of piperazine rings is 1. The van der Waals surface area contributed by atoms with E-state index in [4.69, 9.17) is 10.2 Å². The standard InChI is InChI=1S/C26H28N6O/c1-18-7-9-21(10-8-18)16-24-19(2)28-20(3)29-25(24)31-11-13-32(14-12-31)26(33)30-23-6-4-5-22(15-23)17-27/h4-10,15H,11-14,16H2,1-3H3,(H,30,33). The summed E-state index contributed by atoms with van der Waals surface area (Å²) < 4.78 is 0. The predicted octanol–water partition coefficient (Wildman–Crippen LogP) is 4.22. The lowest BCUT2D eigenvalue weighted by atomic mass is 10.0. The second-order valence-corrected chi connectivity index (χ2v) is 8.42. The van der Waals surface area contributed by atoms with Crippen molar-refractivity contribution in [3.8, 4) is 6.07 Å². The van der Waals surface area contributed by atoms with E-state index in [1.54, 1.807) is 29.2 Å². The molecule has 33 heavy (non-hydrogen) atoms. The third-order valence-corrected chi connectivity index (χ3v) is 5.91. The van der Waals surface area contributed by atoms with Crippen LogP contribution in [0.3, 0.4) is 0 Å². The van der Waals surface area contributed by atoms with E-state index in [2.05, 4.69) is 52.5 Å². The molecule has 4 rings (SSSR count). The number of nitriles is 1. The second kappa shape index (κ2) is 9.70. The first kappa shape index (κ1) is 22.3. The third kappa shape index (κ3) is 5.29. The van der Waals surface area contributed by atoms with E-state index in [0.717, 1.165) is 29.3 Å². The Balaban J connectivity index is 1.46. The molecule has 1 aliphatic rings. The first-order valence-electron chi connectivity index (χ1n) is 11.1. The van der Waals surface area contributed by atoms with Crippen LogP contribution in [-0.4, -0.2) is 47.1 Å². The van der Waals surface area contributed by atoms with Gasteiger partial charge in [0.25, 0.3) is 0 Å². The minimum atomic E-state index is -0.153. The number of hydrogen-bond acceptors (Lipinski definition) is 5. The fourth-order valence-corrected chi connectivity index (χ4v) is 4.09. The number of rotatable bonds is 4. The summed E-state index contributed by atoms with van der Waals surface area (Å²) in [5.74, 6) is 1.72. The fourth-order valence-electron chi connectivity index (χ4n) is 4.09. The van der Waals surface area contributed by atoms with E-state index in [0.29, 0.717) is 37.4 Å². The van der Waals surface area contributed by atoms with Crippen molar-refractivity contribution in [3.63, 3.8) is 0 Å². The molecule has 2 amide bonds. The zero-order valence-corrected chi connectivity index (χ0v) is 19.3. The number of carbonyl (C=O) groups excluding carboxylic acids is 1. The second-order valence-electron chi connectivity index (χ2n) is 8.42. The molecule has 0 spiro atoms. The smallest absolute Gasteiger partial charge is 0.321 e. The fraction of sp³-hybridized carbons (Fsp3) is 0.308. The van der Waals surface area contributed by atoms with Crippen molar-refractivity contribution in [2.45, 2.75) is 27.2 Å². The molecule has 0 atom stereocenters. The summed E-state index contributed by atoms with van der Waals surface area (Å²) >= 11 is 0. The molecule has 7 nitrogen and oxygen atoms in total. The van der Waals surface area contributed by atoms with E-state index in [1.165, 1.54) is 11.1 Å². The summed E-state index contributed by atoms with van der Waals surface area (Å²) in [4.78, 5) is 26.2. The summed E-state index contributed by atoms with van der Waals surface area (Å²) in [5, 5.41) is 12.0. The molecule has 1 aliphatic heterocycles. The van der Waals surface area contributed by atoms with Crippen LogP contribution in [-0.2, 0) is 6.42 Å². The quantitative estimate of drug-likeness (QED) is 0.657. The van der Waals surface area contributed by atoms with Crippen LogP contribution >= 0.6 is 0 Å². The van der Waals surface area contributed by atoms with Gasteiger partial charge in [0.05, 0.1) is 11.6 Å². The molecule has 3 aromatic rings. The van der Waals surface area contributed by atoms with Crippen molar-refractivity contribution >= 4 is 17.5 Å². The van der Waals surface area contributed by atoms with Crippen molar-refractivity contribution in [1.82, 2.24) is 14.9 Å². The van der Waals surface area contributed by atoms with E-state index in [1.807, 2.05) is 13.8 Å². The van der Waals surface area contributed by atoms with Crippen molar-refractivity contribution in [1.29, 1.82) is 5.26 Å². The molecule has 0 saturated carbocycles. The van der Waals surface area contributed by atoms with Gasteiger partial charge in [-0.3, -0.25) is 0 Å². The number of amides is 2. The summed E-state index contributed by atoms with van der Waals surface area (Å²) in [6.07, 6.45) is 0.775. The average molecular weight is 441 g/mol. The number of urea groups is 1. The van der Waals surface area contributed by atoms with Gasteiger partial charge in [-0.2, -0.15) is 5.26 Å². The van der Waals surface area contributed by atoms with Gasteiger partial charge < -0.3 is 15.1 Å². The maximum absolute atomic E-state index is 12.7. The number of benzene rings is 2. The Hall–Kier alpha value is -3.92. The van der Waals surface area contributed by atoms with Gasteiger partial charge in [-0.1, -0.05) is 35.9 Å². The third-order valence-electron chi connectivity index (χ3n) is 5.91. The van der Waals surface area contributed by atoms with Gasteiger partial charge in [-0.25, -0.2) is 14.8 Å². The predicted molar refractivity (Wildman–Crippen MR) is 129 cm³/mol. The van der Waals surface area contributed by atoms with Crippen LogP contribution in [0.5, 0.6) is 0 Å². The van der Waals surface area contributed by atoms with Crippen molar-refractivity contribution < 1.29 is 4.79 Å². The molecule has 0 bridgehead atoms. The van der Waals surface area contributed by atoms with Crippen LogP contribution in [0.2, 0.25) is 0 Å². The van der Waals surface area contributed by atoms with Gasteiger partial charge in [-0.05, 0) is 44.5 Å². The highest BCUT2D eigenvalue weighted by atomic mass is 16.2.